The minimum absolute atomic E-state index is 0.152. The molecule has 0 spiro atoms. The van der Waals surface area contributed by atoms with Gasteiger partial charge in [0, 0.05) is 18.9 Å². The van der Waals surface area contributed by atoms with E-state index < -0.39 is 11.9 Å². The normalized spacial score (nSPS) is 19.6. The summed E-state index contributed by atoms with van der Waals surface area (Å²) in [7, 11) is 0. The van der Waals surface area contributed by atoms with Crippen molar-refractivity contribution in [3.63, 3.8) is 0 Å². The van der Waals surface area contributed by atoms with Crippen LogP contribution in [0.4, 0.5) is 0 Å². The van der Waals surface area contributed by atoms with Crippen LogP contribution in [0.2, 0.25) is 0 Å². The summed E-state index contributed by atoms with van der Waals surface area (Å²) >= 11 is 0. The molecule has 6 heteroatoms. The second-order valence-corrected chi connectivity index (χ2v) is 5.45. The van der Waals surface area contributed by atoms with Crippen LogP contribution in [0, 0.1) is 11.8 Å². The number of carbonyl (C=O) groups excluding carboxylic acids is 1. The Morgan fingerprint density at radius 1 is 1.27 bits per heavy atom. The first-order chi connectivity index (χ1) is 10.6. The fraction of sp³-hybridized carbons (Fsp3) is 0.312. The molecule has 6 nitrogen and oxygen atoms in total. The maximum absolute atomic E-state index is 11.7. The first kappa shape index (κ1) is 14.3. The molecule has 3 rings (SSSR count). The standard InChI is InChI=1S/C16H17N3O3/c20-15(13-10-14(13)16(21)22)17-8-6-11-2-4-12(5-3-11)19-9-1-7-18-19/h1-5,7,9,13-14H,6,8,10H2,(H,17,20)(H,21,22). The van der Waals surface area contributed by atoms with Gasteiger partial charge in [-0.3, -0.25) is 9.59 Å². The molecular weight excluding hydrogens is 282 g/mol. The highest BCUT2D eigenvalue weighted by Gasteiger charge is 2.48. The van der Waals surface area contributed by atoms with Gasteiger partial charge in [0.05, 0.1) is 17.5 Å². The number of benzene rings is 1. The summed E-state index contributed by atoms with van der Waals surface area (Å²) in [4.78, 5) is 22.4. The summed E-state index contributed by atoms with van der Waals surface area (Å²) < 4.78 is 1.78. The molecule has 0 aliphatic heterocycles. The molecule has 0 saturated heterocycles. The topological polar surface area (TPSA) is 84.2 Å². The van der Waals surface area contributed by atoms with Crippen LogP contribution in [0.3, 0.4) is 0 Å². The molecule has 2 unspecified atom stereocenters. The Hall–Kier alpha value is -2.63. The molecule has 1 aromatic carbocycles. The Bertz CT molecular complexity index is 664. The van der Waals surface area contributed by atoms with E-state index in [4.69, 9.17) is 5.11 Å². The van der Waals surface area contributed by atoms with E-state index in [1.54, 1.807) is 10.9 Å². The smallest absolute Gasteiger partial charge is 0.307 e. The van der Waals surface area contributed by atoms with Gasteiger partial charge in [0.25, 0.3) is 0 Å². The summed E-state index contributed by atoms with van der Waals surface area (Å²) in [5, 5.41) is 15.8. The molecule has 0 radical (unpaired) electrons. The van der Waals surface area contributed by atoms with E-state index in [1.165, 1.54) is 0 Å². The van der Waals surface area contributed by atoms with Crippen molar-refractivity contribution in [3.05, 3.63) is 48.3 Å². The zero-order valence-corrected chi connectivity index (χ0v) is 12.0. The van der Waals surface area contributed by atoms with Crippen LogP contribution in [-0.2, 0) is 16.0 Å². The van der Waals surface area contributed by atoms with E-state index >= 15 is 0 Å². The van der Waals surface area contributed by atoms with E-state index in [9.17, 15) is 9.59 Å². The monoisotopic (exact) mass is 299 g/mol. The van der Waals surface area contributed by atoms with Crippen LogP contribution in [0.25, 0.3) is 5.69 Å². The molecule has 1 aromatic heterocycles. The number of nitrogens with one attached hydrogen (secondary N) is 1. The van der Waals surface area contributed by atoms with Crippen molar-refractivity contribution in [3.8, 4) is 5.69 Å². The molecule has 2 atom stereocenters. The van der Waals surface area contributed by atoms with E-state index in [0.717, 1.165) is 17.7 Å². The van der Waals surface area contributed by atoms with Crippen molar-refractivity contribution in [1.29, 1.82) is 0 Å². The summed E-state index contributed by atoms with van der Waals surface area (Å²) in [6.45, 7) is 0.517. The van der Waals surface area contributed by atoms with Gasteiger partial charge >= 0.3 is 5.97 Å². The molecule has 2 aromatic rings. The fourth-order valence-corrected chi connectivity index (χ4v) is 2.46. The number of nitrogens with zero attached hydrogens (tertiary/aromatic N) is 2. The van der Waals surface area contributed by atoms with Crippen molar-refractivity contribution in [1.82, 2.24) is 15.1 Å². The fourth-order valence-electron chi connectivity index (χ4n) is 2.46. The summed E-state index contributed by atoms with van der Waals surface area (Å²) in [5.74, 6) is -1.87. The van der Waals surface area contributed by atoms with E-state index in [1.807, 2.05) is 36.5 Å². The highest BCUT2D eigenvalue weighted by atomic mass is 16.4. The Kier molecular flexibility index (Phi) is 3.91. The zero-order chi connectivity index (χ0) is 15.5. The van der Waals surface area contributed by atoms with Gasteiger partial charge in [-0.05, 0) is 36.6 Å². The van der Waals surface area contributed by atoms with Gasteiger partial charge in [0.2, 0.25) is 5.91 Å². The second-order valence-electron chi connectivity index (χ2n) is 5.45. The first-order valence-corrected chi connectivity index (χ1v) is 7.24. The Morgan fingerprint density at radius 3 is 2.64 bits per heavy atom. The van der Waals surface area contributed by atoms with E-state index in [-0.39, 0.29) is 11.8 Å². The highest BCUT2D eigenvalue weighted by Crippen LogP contribution is 2.38. The Balaban J connectivity index is 1.46. The van der Waals surface area contributed by atoms with Gasteiger partial charge in [-0.1, -0.05) is 12.1 Å². The van der Waals surface area contributed by atoms with E-state index in [2.05, 4.69) is 10.4 Å². The number of aromatic nitrogens is 2. The number of carboxylic acids is 1. The quantitative estimate of drug-likeness (QED) is 0.841. The number of carbonyl (C=O) groups is 2. The van der Waals surface area contributed by atoms with E-state index in [0.29, 0.717) is 13.0 Å². The lowest BCUT2D eigenvalue weighted by Crippen LogP contribution is -2.28. The summed E-state index contributed by atoms with van der Waals surface area (Å²) in [6, 6.07) is 9.82. The summed E-state index contributed by atoms with van der Waals surface area (Å²) in [6.07, 6.45) is 4.78. The maximum atomic E-state index is 11.7. The molecule has 114 valence electrons. The van der Waals surface area contributed by atoms with Crippen molar-refractivity contribution in [2.24, 2.45) is 11.8 Å². The highest BCUT2D eigenvalue weighted by molar-refractivity contribution is 5.89. The van der Waals surface area contributed by atoms with Crippen LogP contribution in [0.1, 0.15) is 12.0 Å². The molecule has 1 aliphatic carbocycles. The van der Waals surface area contributed by atoms with Crippen molar-refractivity contribution >= 4 is 11.9 Å². The third kappa shape index (κ3) is 3.16. The molecule has 2 N–H and O–H groups in total. The molecule has 0 bridgehead atoms. The van der Waals surface area contributed by atoms with Gasteiger partial charge in [0.1, 0.15) is 0 Å². The van der Waals surface area contributed by atoms with Crippen LogP contribution in [0.15, 0.2) is 42.7 Å². The molecule has 1 amide bonds. The first-order valence-electron chi connectivity index (χ1n) is 7.24. The number of rotatable bonds is 6. The number of carboxylic acid groups (broad SMARTS) is 1. The van der Waals surface area contributed by atoms with Gasteiger partial charge < -0.3 is 10.4 Å². The number of aliphatic carboxylic acids is 1. The summed E-state index contributed by atoms with van der Waals surface area (Å²) in [5.41, 5.74) is 2.10. The van der Waals surface area contributed by atoms with Crippen molar-refractivity contribution < 1.29 is 14.7 Å². The van der Waals surface area contributed by atoms with Crippen LogP contribution >= 0.6 is 0 Å². The predicted octanol–water partition coefficient (Wildman–Crippen LogP) is 1.25. The number of amides is 1. The van der Waals surface area contributed by atoms with Crippen molar-refractivity contribution in [2.75, 3.05) is 6.54 Å². The zero-order valence-electron chi connectivity index (χ0n) is 12.0. The number of hydrogen-bond donors (Lipinski definition) is 2. The molecule has 1 saturated carbocycles. The van der Waals surface area contributed by atoms with Crippen LogP contribution in [0.5, 0.6) is 0 Å². The average Bonchev–Trinajstić information content (AvgIpc) is 3.15. The third-order valence-electron chi connectivity index (χ3n) is 3.86. The average molecular weight is 299 g/mol. The van der Waals surface area contributed by atoms with Crippen molar-refractivity contribution in [2.45, 2.75) is 12.8 Å². The van der Waals surface area contributed by atoms with Gasteiger partial charge in [-0.25, -0.2) is 4.68 Å². The minimum Gasteiger partial charge on any atom is -0.481 e. The largest absolute Gasteiger partial charge is 0.481 e. The maximum Gasteiger partial charge on any atom is 0.307 e. The number of hydrogen-bond acceptors (Lipinski definition) is 3. The molecule has 22 heavy (non-hydrogen) atoms. The van der Waals surface area contributed by atoms with Gasteiger partial charge in [0.15, 0.2) is 0 Å². The molecule has 1 heterocycles. The van der Waals surface area contributed by atoms with Crippen LogP contribution < -0.4 is 5.32 Å². The third-order valence-corrected chi connectivity index (χ3v) is 3.86. The van der Waals surface area contributed by atoms with Gasteiger partial charge in [-0.2, -0.15) is 5.10 Å². The van der Waals surface area contributed by atoms with Gasteiger partial charge in [-0.15, -0.1) is 0 Å². The minimum atomic E-state index is -0.880. The van der Waals surface area contributed by atoms with Crippen LogP contribution in [-0.4, -0.2) is 33.3 Å². The SMILES string of the molecule is O=C(O)C1CC1C(=O)NCCc1ccc(-n2cccn2)cc1. The lowest BCUT2D eigenvalue weighted by Gasteiger charge is -2.06. The molecular formula is C16H17N3O3. The Morgan fingerprint density at radius 2 is 2.05 bits per heavy atom. The lowest BCUT2D eigenvalue weighted by molar-refractivity contribution is -0.140. The Labute approximate surface area is 127 Å². The molecule has 1 fully saturated rings. The lowest BCUT2D eigenvalue weighted by atomic mass is 10.1. The predicted molar refractivity (Wildman–Crippen MR) is 79.5 cm³/mol. The molecule has 1 aliphatic rings. The second kappa shape index (κ2) is 6.01.